The number of aryl methyl sites for hydroxylation is 1. The first kappa shape index (κ1) is 14.7. The number of hydrogen-bond acceptors (Lipinski definition) is 2. The summed E-state index contributed by atoms with van der Waals surface area (Å²) in [4.78, 5) is 11.5. The van der Waals surface area contributed by atoms with Gasteiger partial charge in [0.25, 0.3) is 0 Å². The van der Waals surface area contributed by atoms with Crippen LogP contribution in [-0.4, -0.2) is 24.2 Å². The Labute approximate surface area is 112 Å². The highest BCUT2D eigenvalue weighted by Crippen LogP contribution is 2.17. The first-order valence-electron chi connectivity index (χ1n) is 5.86. The van der Waals surface area contributed by atoms with Crippen molar-refractivity contribution in [3.63, 3.8) is 0 Å². The predicted octanol–water partition coefficient (Wildman–Crippen LogP) is 2.41. The van der Waals surface area contributed by atoms with Gasteiger partial charge in [-0.25, -0.2) is 0 Å². The molecule has 3 nitrogen and oxygen atoms in total. The SMILES string of the molecule is Cc1ccc(C=CC(=O)NCC(C)CO)cc1Cl. The van der Waals surface area contributed by atoms with Crippen molar-refractivity contribution in [1.82, 2.24) is 5.32 Å². The fraction of sp³-hybridized carbons (Fsp3) is 0.357. The summed E-state index contributed by atoms with van der Waals surface area (Å²) in [6.07, 6.45) is 3.18. The molecule has 0 radical (unpaired) electrons. The van der Waals surface area contributed by atoms with Gasteiger partial charge in [-0.05, 0) is 36.1 Å². The lowest BCUT2D eigenvalue weighted by Gasteiger charge is -2.07. The van der Waals surface area contributed by atoms with Gasteiger partial charge in [0.1, 0.15) is 0 Å². The summed E-state index contributed by atoms with van der Waals surface area (Å²) in [6.45, 7) is 4.33. The summed E-state index contributed by atoms with van der Waals surface area (Å²) in [7, 11) is 0. The molecule has 0 heterocycles. The van der Waals surface area contributed by atoms with E-state index >= 15 is 0 Å². The van der Waals surface area contributed by atoms with Gasteiger partial charge in [0.2, 0.25) is 5.91 Å². The van der Waals surface area contributed by atoms with E-state index < -0.39 is 0 Å². The number of benzene rings is 1. The van der Waals surface area contributed by atoms with Crippen molar-refractivity contribution in [3.05, 3.63) is 40.4 Å². The third-order valence-electron chi connectivity index (χ3n) is 2.56. The maximum Gasteiger partial charge on any atom is 0.244 e. The molecule has 0 bridgehead atoms. The number of nitrogens with one attached hydrogen (secondary N) is 1. The maximum absolute atomic E-state index is 11.5. The molecule has 1 amide bonds. The standard InChI is InChI=1S/C14H18ClNO2/c1-10(9-17)8-16-14(18)6-5-12-4-3-11(2)13(15)7-12/h3-7,10,17H,8-9H2,1-2H3,(H,16,18). The molecule has 0 saturated heterocycles. The van der Waals surface area contributed by atoms with Gasteiger partial charge in [-0.1, -0.05) is 30.7 Å². The van der Waals surface area contributed by atoms with Gasteiger partial charge in [0.05, 0.1) is 0 Å². The number of aliphatic hydroxyl groups excluding tert-OH is 1. The van der Waals surface area contributed by atoms with E-state index in [9.17, 15) is 4.79 Å². The van der Waals surface area contributed by atoms with Crippen LogP contribution in [0.15, 0.2) is 24.3 Å². The quantitative estimate of drug-likeness (QED) is 0.805. The fourth-order valence-electron chi connectivity index (χ4n) is 1.28. The van der Waals surface area contributed by atoms with Crippen molar-refractivity contribution in [2.75, 3.05) is 13.2 Å². The molecule has 0 aliphatic rings. The van der Waals surface area contributed by atoms with Crippen molar-refractivity contribution in [3.8, 4) is 0 Å². The lowest BCUT2D eigenvalue weighted by atomic mass is 10.1. The first-order valence-corrected chi connectivity index (χ1v) is 6.23. The monoisotopic (exact) mass is 267 g/mol. The summed E-state index contributed by atoms with van der Waals surface area (Å²) in [5.74, 6) is -0.108. The molecule has 0 saturated carbocycles. The molecule has 0 aliphatic carbocycles. The third-order valence-corrected chi connectivity index (χ3v) is 2.97. The molecule has 1 unspecified atom stereocenters. The summed E-state index contributed by atoms with van der Waals surface area (Å²) >= 11 is 5.99. The minimum absolute atomic E-state index is 0.0659. The highest BCUT2D eigenvalue weighted by Gasteiger charge is 2.01. The highest BCUT2D eigenvalue weighted by molar-refractivity contribution is 6.31. The van der Waals surface area contributed by atoms with Crippen LogP contribution in [0, 0.1) is 12.8 Å². The van der Waals surface area contributed by atoms with Crippen LogP contribution in [0.3, 0.4) is 0 Å². The highest BCUT2D eigenvalue weighted by atomic mass is 35.5. The van der Waals surface area contributed by atoms with Crippen molar-refractivity contribution < 1.29 is 9.90 Å². The number of amides is 1. The van der Waals surface area contributed by atoms with E-state index in [1.54, 1.807) is 6.08 Å². The number of carbonyl (C=O) groups excluding carboxylic acids is 1. The normalized spacial score (nSPS) is 12.7. The van der Waals surface area contributed by atoms with E-state index in [2.05, 4.69) is 5.32 Å². The average Bonchev–Trinajstić information content (AvgIpc) is 2.37. The van der Waals surface area contributed by atoms with E-state index in [1.165, 1.54) is 6.08 Å². The molecule has 0 aromatic heterocycles. The van der Waals surface area contributed by atoms with Crippen LogP contribution in [0.2, 0.25) is 5.02 Å². The van der Waals surface area contributed by atoms with Gasteiger partial charge in [-0.3, -0.25) is 4.79 Å². The zero-order valence-electron chi connectivity index (χ0n) is 10.6. The Morgan fingerprint density at radius 2 is 2.28 bits per heavy atom. The Morgan fingerprint density at radius 1 is 1.56 bits per heavy atom. The van der Waals surface area contributed by atoms with Gasteiger partial charge >= 0.3 is 0 Å². The number of hydrogen-bond donors (Lipinski definition) is 2. The smallest absolute Gasteiger partial charge is 0.244 e. The largest absolute Gasteiger partial charge is 0.396 e. The molecule has 4 heteroatoms. The summed E-state index contributed by atoms with van der Waals surface area (Å²) in [6, 6.07) is 5.63. The van der Waals surface area contributed by atoms with E-state index in [-0.39, 0.29) is 18.4 Å². The minimum Gasteiger partial charge on any atom is -0.396 e. The first-order chi connectivity index (χ1) is 8.52. The zero-order valence-corrected chi connectivity index (χ0v) is 11.4. The van der Waals surface area contributed by atoms with Gasteiger partial charge in [0, 0.05) is 24.3 Å². The molecule has 18 heavy (non-hydrogen) atoms. The summed E-state index contributed by atoms with van der Waals surface area (Å²) < 4.78 is 0. The zero-order chi connectivity index (χ0) is 13.5. The maximum atomic E-state index is 11.5. The summed E-state index contributed by atoms with van der Waals surface area (Å²) in [5.41, 5.74) is 1.89. The van der Waals surface area contributed by atoms with Crippen molar-refractivity contribution in [1.29, 1.82) is 0 Å². The third kappa shape index (κ3) is 4.90. The van der Waals surface area contributed by atoms with Gasteiger partial charge in [-0.2, -0.15) is 0 Å². The fourth-order valence-corrected chi connectivity index (χ4v) is 1.47. The second-order valence-electron chi connectivity index (χ2n) is 4.37. The van der Waals surface area contributed by atoms with Gasteiger partial charge in [0.15, 0.2) is 0 Å². The van der Waals surface area contributed by atoms with Crippen molar-refractivity contribution in [2.45, 2.75) is 13.8 Å². The van der Waals surface area contributed by atoms with E-state index in [0.717, 1.165) is 11.1 Å². The number of carbonyl (C=O) groups is 1. The molecule has 1 aromatic carbocycles. The van der Waals surface area contributed by atoms with Crippen LogP contribution in [0.1, 0.15) is 18.1 Å². The van der Waals surface area contributed by atoms with Crippen LogP contribution < -0.4 is 5.32 Å². The van der Waals surface area contributed by atoms with E-state index in [1.807, 2.05) is 32.0 Å². The molecule has 1 aromatic rings. The van der Waals surface area contributed by atoms with E-state index in [0.29, 0.717) is 11.6 Å². The minimum atomic E-state index is -0.174. The summed E-state index contributed by atoms with van der Waals surface area (Å²) in [5, 5.41) is 12.2. The van der Waals surface area contributed by atoms with Crippen LogP contribution in [0.25, 0.3) is 6.08 Å². The van der Waals surface area contributed by atoms with Gasteiger partial charge < -0.3 is 10.4 Å². The molecule has 1 rings (SSSR count). The van der Waals surface area contributed by atoms with Crippen LogP contribution in [-0.2, 0) is 4.79 Å². The number of aliphatic hydroxyl groups is 1. The second kappa shape index (κ2) is 7.19. The average molecular weight is 268 g/mol. The molecule has 0 fully saturated rings. The molecule has 0 aliphatic heterocycles. The molecule has 0 spiro atoms. The molecule has 98 valence electrons. The second-order valence-corrected chi connectivity index (χ2v) is 4.78. The lowest BCUT2D eigenvalue weighted by Crippen LogP contribution is -2.27. The molecular weight excluding hydrogens is 250 g/mol. The van der Waals surface area contributed by atoms with Crippen LogP contribution in [0.4, 0.5) is 0 Å². The molecule has 1 atom stereocenters. The van der Waals surface area contributed by atoms with Crippen LogP contribution >= 0.6 is 11.6 Å². The van der Waals surface area contributed by atoms with Crippen LogP contribution in [0.5, 0.6) is 0 Å². The van der Waals surface area contributed by atoms with E-state index in [4.69, 9.17) is 16.7 Å². The molecular formula is C14H18ClNO2. The topological polar surface area (TPSA) is 49.3 Å². The Hall–Kier alpha value is -1.32. The number of halogens is 1. The lowest BCUT2D eigenvalue weighted by molar-refractivity contribution is -0.116. The number of rotatable bonds is 5. The van der Waals surface area contributed by atoms with Crippen molar-refractivity contribution in [2.24, 2.45) is 5.92 Å². The van der Waals surface area contributed by atoms with Gasteiger partial charge in [-0.15, -0.1) is 0 Å². The Kier molecular flexibility index (Phi) is 5.89. The molecule has 2 N–H and O–H groups in total. The Balaban J connectivity index is 2.53. The van der Waals surface area contributed by atoms with Crippen molar-refractivity contribution >= 4 is 23.6 Å². The predicted molar refractivity (Wildman–Crippen MR) is 74.5 cm³/mol. The Morgan fingerprint density at radius 3 is 2.89 bits per heavy atom. The Bertz CT molecular complexity index is 443.